The fourth-order valence-corrected chi connectivity index (χ4v) is 3.18. The van der Waals surface area contributed by atoms with Crippen LogP contribution in [0.15, 0.2) is 48.5 Å². The van der Waals surface area contributed by atoms with E-state index in [2.05, 4.69) is 16.0 Å². The Morgan fingerprint density at radius 2 is 1.71 bits per heavy atom. The van der Waals surface area contributed by atoms with E-state index in [0.29, 0.717) is 18.5 Å². The van der Waals surface area contributed by atoms with E-state index < -0.39 is 35.9 Å². The second kappa shape index (κ2) is 11.5. The van der Waals surface area contributed by atoms with E-state index in [9.17, 15) is 19.1 Å². The SMILES string of the molecule is Cc1ccc(CNC(=O)NC(CC(C)C)C(=O)NC(C)C(O)c2cccc(F)c2)cc1. The molecule has 168 valence electrons. The number of hydrogen-bond donors (Lipinski definition) is 4. The van der Waals surface area contributed by atoms with Crippen LogP contribution in [-0.2, 0) is 11.3 Å². The summed E-state index contributed by atoms with van der Waals surface area (Å²) in [6, 6.07) is 11.5. The molecule has 0 fully saturated rings. The number of carbonyl (C=O) groups is 2. The molecule has 3 unspecified atom stereocenters. The van der Waals surface area contributed by atoms with Crippen molar-refractivity contribution in [3.63, 3.8) is 0 Å². The number of rotatable bonds is 9. The zero-order valence-electron chi connectivity index (χ0n) is 18.5. The molecule has 0 radical (unpaired) electrons. The number of amides is 3. The Kier molecular flexibility index (Phi) is 9.00. The number of aryl methyl sites for hydroxylation is 1. The Hall–Kier alpha value is -2.93. The summed E-state index contributed by atoms with van der Waals surface area (Å²) in [5.74, 6) is -0.696. The van der Waals surface area contributed by atoms with E-state index in [1.54, 1.807) is 13.0 Å². The molecule has 2 rings (SSSR count). The Bertz CT molecular complexity index is 871. The van der Waals surface area contributed by atoms with Crippen LogP contribution in [0.5, 0.6) is 0 Å². The van der Waals surface area contributed by atoms with E-state index in [1.807, 2.05) is 45.0 Å². The number of urea groups is 1. The second-order valence-corrected chi connectivity index (χ2v) is 8.29. The van der Waals surface area contributed by atoms with Gasteiger partial charge in [-0.1, -0.05) is 55.8 Å². The standard InChI is InChI=1S/C24H32FN3O3/c1-15(2)12-21(28-24(31)26-14-18-10-8-16(3)9-11-18)23(30)27-17(4)22(29)19-6-5-7-20(25)13-19/h5-11,13,15,17,21-22,29H,12,14H2,1-4H3,(H,27,30)(H2,26,28,31). The van der Waals surface area contributed by atoms with E-state index in [1.165, 1.54) is 18.2 Å². The van der Waals surface area contributed by atoms with Crippen LogP contribution in [-0.4, -0.2) is 29.1 Å². The van der Waals surface area contributed by atoms with Crippen LogP contribution in [0.25, 0.3) is 0 Å². The normalized spacial score (nSPS) is 13.9. The minimum Gasteiger partial charge on any atom is -0.386 e. The first-order valence-corrected chi connectivity index (χ1v) is 10.5. The summed E-state index contributed by atoms with van der Waals surface area (Å²) in [7, 11) is 0. The first kappa shape index (κ1) is 24.3. The minimum absolute atomic E-state index is 0.164. The Labute approximate surface area is 183 Å². The van der Waals surface area contributed by atoms with E-state index in [-0.39, 0.29) is 5.92 Å². The predicted molar refractivity (Wildman–Crippen MR) is 119 cm³/mol. The van der Waals surface area contributed by atoms with E-state index >= 15 is 0 Å². The largest absolute Gasteiger partial charge is 0.386 e. The van der Waals surface area contributed by atoms with Gasteiger partial charge in [0.25, 0.3) is 0 Å². The molecule has 3 amide bonds. The molecule has 0 aromatic heterocycles. The van der Waals surface area contributed by atoms with Crippen molar-refractivity contribution in [3.8, 4) is 0 Å². The smallest absolute Gasteiger partial charge is 0.315 e. The highest BCUT2D eigenvalue weighted by Gasteiger charge is 2.26. The van der Waals surface area contributed by atoms with E-state index in [0.717, 1.165) is 11.1 Å². The maximum atomic E-state index is 13.4. The van der Waals surface area contributed by atoms with Crippen molar-refractivity contribution in [2.24, 2.45) is 5.92 Å². The summed E-state index contributed by atoms with van der Waals surface area (Å²) in [6.07, 6.45) is -0.637. The van der Waals surface area contributed by atoms with Crippen LogP contribution in [0.3, 0.4) is 0 Å². The number of nitrogens with one attached hydrogen (secondary N) is 3. The fraction of sp³-hybridized carbons (Fsp3) is 0.417. The van der Waals surface area contributed by atoms with Crippen LogP contribution in [0.2, 0.25) is 0 Å². The van der Waals surface area contributed by atoms with Gasteiger partial charge in [-0.05, 0) is 49.4 Å². The van der Waals surface area contributed by atoms with Gasteiger partial charge >= 0.3 is 6.03 Å². The summed E-state index contributed by atoms with van der Waals surface area (Å²) in [5.41, 5.74) is 2.46. The monoisotopic (exact) mass is 429 g/mol. The molecule has 4 N–H and O–H groups in total. The molecule has 3 atom stereocenters. The molecule has 0 saturated carbocycles. The lowest BCUT2D eigenvalue weighted by atomic mass is 10.0. The molecule has 0 saturated heterocycles. The fourth-order valence-electron chi connectivity index (χ4n) is 3.18. The summed E-state index contributed by atoms with van der Waals surface area (Å²) in [6.45, 7) is 7.88. The number of benzene rings is 2. The highest BCUT2D eigenvalue weighted by atomic mass is 19.1. The molecule has 0 aliphatic heterocycles. The van der Waals surface area contributed by atoms with Crippen LogP contribution < -0.4 is 16.0 Å². The third kappa shape index (κ3) is 8.02. The van der Waals surface area contributed by atoms with Crippen LogP contribution in [0, 0.1) is 18.7 Å². The van der Waals surface area contributed by atoms with Gasteiger partial charge in [0.05, 0.1) is 12.1 Å². The highest BCUT2D eigenvalue weighted by molar-refractivity contribution is 5.87. The lowest BCUT2D eigenvalue weighted by Crippen LogP contribution is -2.52. The highest BCUT2D eigenvalue weighted by Crippen LogP contribution is 2.18. The van der Waals surface area contributed by atoms with Gasteiger partial charge in [-0.2, -0.15) is 0 Å². The number of carbonyl (C=O) groups excluding carboxylic acids is 2. The molecular formula is C24H32FN3O3. The van der Waals surface area contributed by atoms with Crippen molar-refractivity contribution in [3.05, 3.63) is 71.0 Å². The van der Waals surface area contributed by atoms with Gasteiger partial charge in [0, 0.05) is 6.54 Å². The molecule has 2 aromatic rings. The molecule has 0 aliphatic carbocycles. The Balaban J connectivity index is 1.95. The third-order valence-corrected chi connectivity index (χ3v) is 4.94. The van der Waals surface area contributed by atoms with Crippen molar-refractivity contribution in [2.45, 2.75) is 58.8 Å². The summed E-state index contributed by atoms with van der Waals surface area (Å²) in [5, 5.41) is 18.7. The van der Waals surface area contributed by atoms with Crippen LogP contribution in [0.4, 0.5) is 9.18 Å². The first-order valence-electron chi connectivity index (χ1n) is 10.5. The number of halogens is 1. The van der Waals surface area contributed by atoms with Gasteiger partial charge in [-0.3, -0.25) is 4.79 Å². The van der Waals surface area contributed by atoms with Gasteiger partial charge in [-0.25, -0.2) is 9.18 Å². The zero-order valence-corrected chi connectivity index (χ0v) is 18.5. The Morgan fingerprint density at radius 3 is 2.32 bits per heavy atom. The second-order valence-electron chi connectivity index (χ2n) is 8.29. The molecule has 6 nitrogen and oxygen atoms in total. The molecule has 2 aromatic carbocycles. The topological polar surface area (TPSA) is 90.5 Å². The lowest BCUT2D eigenvalue weighted by Gasteiger charge is -2.25. The van der Waals surface area contributed by atoms with Gasteiger partial charge in [-0.15, -0.1) is 0 Å². The van der Waals surface area contributed by atoms with Crippen molar-refractivity contribution >= 4 is 11.9 Å². The molecule has 7 heteroatoms. The van der Waals surface area contributed by atoms with Crippen molar-refractivity contribution < 1.29 is 19.1 Å². The minimum atomic E-state index is -1.07. The maximum absolute atomic E-state index is 13.4. The molecule has 0 aliphatic rings. The number of aliphatic hydroxyl groups is 1. The van der Waals surface area contributed by atoms with Crippen molar-refractivity contribution in [1.29, 1.82) is 0 Å². The molecule has 0 heterocycles. The summed E-state index contributed by atoms with van der Waals surface area (Å²) < 4.78 is 13.4. The molecular weight excluding hydrogens is 397 g/mol. The van der Waals surface area contributed by atoms with Crippen LogP contribution >= 0.6 is 0 Å². The summed E-state index contributed by atoms with van der Waals surface area (Å²) in [4.78, 5) is 25.2. The van der Waals surface area contributed by atoms with Gasteiger partial charge in [0.1, 0.15) is 11.9 Å². The zero-order chi connectivity index (χ0) is 23.0. The summed E-state index contributed by atoms with van der Waals surface area (Å²) >= 11 is 0. The van der Waals surface area contributed by atoms with Crippen molar-refractivity contribution in [2.75, 3.05) is 0 Å². The predicted octanol–water partition coefficient (Wildman–Crippen LogP) is 3.59. The van der Waals surface area contributed by atoms with Gasteiger partial charge in [0.2, 0.25) is 5.91 Å². The third-order valence-electron chi connectivity index (χ3n) is 4.94. The average molecular weight is 430 g/mol. The Morgan fingerprint density at radius 1 is 1.03 bits per heavy atom. The van der Waals surface area contributed by atoms with Gasteiger partial charge in [0.15, 0.2) is 0 Å². The van der Waals surface area contributed by atoms with Crippen LogP contribution in [0.1, 0.15) is 50.0 Å². The molecule has 31 heavy (non-hydrogen) atoms. The average Bonchev–Trinajstić information content (AvgIpc) is 2.72. The number of aliphatic hydroxyl groups excluding tert-OH is 1. The molecule has 0 spiro atoms. The maximum Gasteiger partial charge on any atom is 0.315 e. The number of hydrogen-bond acceptors (Lipinski definition) is 3. The van der Waals surface area contributed by atoms with Crippen molar-refractivity contribution in [1.82, 2.24) is 16.0 Å². The lowest BCUT2D eigenvalue weighted by molar-refractivity contribution is -0.124. The van der Waals surface area contributed by atoms with Gasteiger partial charge < -0.3 is 21.1 Å². The quantitative estimate of drug-likeness (QED) is 0.491. The molecule has 0 bridgehead atoms. The first-order chi connectivity index (χ1) is 14.7. The van der Waals surface area contributed by atoms with E-state index in [4.69, 9.17) is 0 Å².